The van der Waals surface area contributed by atoms with Crippen LogP contribution in [-0.4, -0.2) is 74.1 Å². The fourth-order valence-electron chi connectivity index (χ4n) is 7.71. The highest BCUT2D eigenvalue weighted by molar-refractivity contribution is 7.80. The Hall–Kier alpha value is -8.32. The maximum absolute atomic E-state index is 13.8. The van der Waals surface area contributed by atoms with Crippen molar-refractivity contribution in [1.29, 1.82) is 0 Å². The molecule has 70 heavy (non-hydrogen) atoms. The molecule has 5 amide bonds. The van der Waals surface area contributed by atoms with Crippen LogP contribution in [0, 0.1) is 5.92 Å². The number of fused-ring (bicyclic) bond motifs is 2. The molecular formula is C51H53N7O11S. The predicted molar refractivity (Wildman–Crippen MR) is 266 cm³/mol. The Morgan fingerprint density at radius 1 is 0.714 bits per heavy atom. The lowest BCUT2D eigenvalue weighted by atomic mass is 9.90. The van der Waals surface area contributed by atoms with Gasteiger partial charge < -0.3 is 57.4 Å². The first kappa shape index (κ1) is 51.1. The van der Waals surface area contributed by atoms with Gasteiger partial charge in [0.2, 0.25) is 29.5 Å². The first-order valence-corrected chi connectivity index (χ1v) is 22.7. The monoisotopic (exact) mass is 971 g/mol. The molecule has 0 aromatic heterocycles. The number of aromatic hydroxyl groups is 2. The average molecular weight is 972 g/mol. The minimum Gasteiger partial charge on any atom is -0.508 e. The Morgan fingerprint density at radius 2 is 1.36 bits per heavy atom. The second kappa shape index (κ2) is 23.1. The van der Waals surface area contributed by atoms with E-state index in [4.69, 9.17) is 22.4 Å². The number of carboxylic acids is 1. The molecule has 0 bridgehead atoms. The zero-order valence-corrected chi connectivity index (χ0v) is 39.3. The van der Waals surface area contributed by atoms with E-state index in [2.05, 4.69) is 31.9 Å². The lowest BCUT2D eigenvalue weighted by Gasteiger charge is -2.28. The normalized spacial score (nSPS) is 12.7. The van der Waals surface area contributed by atoms with Gasteiger partial charge in [-0.3, -0.25) is 28.8 Å². The zero-order valence-electron chi connectivity index (χ0n) is 38.5. The molecule has 0 saturated carbocycles. The summed E-state index contributed by atoms with van der Waals surface area (Å²) < 4.78 is 5.91. The van der Waals surface area contributed by atoms with Crippen LogP contribution in [0.1, 0.15) is 67.1 Å². The summed E-state index contributed by atoms with van der Waals surface area (Å²) in [5.74, 6) is -4.46. The van der Waals surface area contributed by atoms with Crippen molar-refractivity contribution in [3.8, 4) is 33.9 Å². The first-order valence-electron chi connectivity index (χ1n) is 22.3. The predicted octanol–water partition coefficient (Wildman–Crippen LogP) is 4.81. The van der Waals surface area contributed by atoms with Gasteiger partial charge in [-0.1, -0.05) is 62.7 Å². The Labute approximate surface area is 407 Å². The molecule has 1 aliphatic carbocycles. The number of primary amides is 1. The fourth-order valence-corrected chi connectivity index (χ4v) is 7.90. The van der Waals surface area contributed by atoms with Gasteiger partial charge in [-0.25, -0.2) is 4.79 Å². The second-order valence-corrected chi connectivity index (χ2v) is 17.2. The molecule has 0 radical (unpaired) electrons. The molecule has 2 aliphatic rings. The van der Waals surface area contributed by atoms with Crippen LogP contribution >= 0.6 is 12.2 Å². The van der Waals surface area contributed by atoms with Gasteiger partial charge >= 0.3 is 5.97 Å². The van der Waals surface area contributed by atoms with E-state index in [9.17, 15) is 48.9 Å². The van der Waals surface area contributed by atoms with Gasteiger partial charge in [-0.2, -0.15) is 0 Å². The quantitative estimate of drug-likeness (QED) is 0.0363. The van der Waals surface area contributed by atoms with Crippen molar-refractivity contribution in [2.24, 2.45) is 11.7 Å². The standard InChI is InChI=1S/C51H53N7O11S/c1-4-27(2)46(58-48(65)41(55-28(3)59)21-29-9-12-33(60)13-10-29)49(66)57-40(19-20-44(52)63)47(64)53-25-30-5-7-31(8-6-30)26-54-51(70)56-32-11-16-36(39(22-32)50(67)68)45-37-17-14-34(61)23-42(37)69-43-24-35(62)15-18-38(43)45/h5-18,22-24,27,40-41,46,60-61H,4,19-21,25-26H2,1-3H3,(H2,52,63)(H,53,64)(H,55,59)(H,57,66)(H,58,65)(H,67,68)(H2,54,56,70)/t27?,40-,41-,46-/m0/s1. The van der Waals surface area contributed by atoms with E-state index in [-0.39, 0.29) is 71.3 Å². The number of thiocarbonyl (C=S) groups is 1. The molecule has 0 spiro atoms. The number of anilines is 1. The van der Waals surface area contributed by atoms with Crippen molar-refractivity contribution in [3.05, 3.63) is 136 Å². The minimum atomic E-state index is -1.21. The molecular weight excluding hydrogens is 919 g/mol. The van der Waals surface area contributed by atoms with Crippen molar-refractivity contribution >= 4 is 69.5 Å². The van der Waals surface area contributed by atoms with E-state index in [1.807, 2.05) is 19.1 Å². The number of aromatic carboxylic acids is 1. The number of carbonyl (C=O) groups is 6. The maximum Gasteiger partial charge on any atom is 0.336 e. The highest BCUT2D eigenvalue weighted by atomic mass is 32.1. The van der Waals surface area contributed by atoms with Crippen LogP contribution in [0.2, 0.25) is 0 Å². The number of phenols is 2. The molecule has 364 valence electrons. The number of rotatable bonds is 20. The molecule has 6 rings (SSSR count). The van der Waals surface area contributed by atoms with Crippen LogP contribution in [0.4, 0.5) is 5.69 Å². The van der Waals surface area contributed by atoms with Gasteiger partial charge in [0.25, 0.3) is 0 Å². The molecule has 19 heteroatoms. The number of benzene rings is 5. The van der Waals surface area contributed by atoms with E-state index in [1.54, 1.807) is 55.5 Å². The number of amides is 5. The Morgan fingerprint density at radius 3 is 2.00 bits per heavy atom. The fraction of sp³-hybridized carbons (Fsp3) is 0.255. The minimum absolute atomic E-state index is 0.0335. The molecule has 11 N–H and O–H groups in total. The molecule has 4 atom stereocenters. The van der Waals surface area contributed by atoms with Gasteiger partial charge in [-0.05, 0) is 95.3 Å². The number of carbonyl (C=O) groups excluding carboxylic acids is 5. The van der Waals surface area contributed by atoms with E-state index < -0.39 is 59.5 Å². The van der Waals surface area contributed by atoms with E-state index in [1.165, 1.54) is 49.4 Å². The van der Waals surface area contributed by atoms with Crippen molar-refractivity contribution in [3.63, 3.8) is 0 Å². The third-order valence-electron chi connectivity index (χ3n) is 11.6. The topological polar surface area (TPSA) is 292 Å². The summed E-state index contributed by atoms with van der Waals surface area (Å²) in [7, 11) is 0. The Balaban J connectivity index is 1.06. The van der Waals surface area contributed by atoms with Crippen LogP contribution in [0.3, 0.4) is 0 Å². The van der Waals surface area contributed by atoms with Crippen LogP contribution < -0.4 is 43.1 Å². The molecule has 1 heterocycles. The summed E-state index contributed by atoms with van der Waals surface area (Å²) in [5.41, 5.74) is 9.25. The van der Waals surface area contributed by atoms with Crippen LogP contribution in [0.25, 0.3) is 33.4 Å². The highest BCUT2D eigenvalue weighted by Crippen LogP contribution is 2.42. The molecule has 1 aliphatic heterocycles. The summed E-state index contributed by atoms with van der Waals surface area (Å²) in [6, 6.07) is 23.4. The van der Waals surface area contributed by atoms with Gasteiger partial charge in [0.1, 0.15) is 41.0 Å². The van der Waals surface area contributed by atoms with E-state index in [0.717, 1.165) is 5.56 Å². The largest absolute Gasteiger partial charge is 0.508 e. The van der Waals surface area contributed by atoms with Crippen LogP contribution in [0.15, 0.2) is 112 Å². The highest BCUT2D eigenvalue weighted by Gasteiger charge is 2.32. The van der Waals surface area contributed by atoms with Gasteiger partial charge in [0.15, 0.2) is 10.5 Å². The lowest BCUT2D eigenvalue weighted by Crippen LogP contribution is -2.58. The van der Waals surface area contributed by atoms with Crippen molar-refractivity contribution < 1.29 is 48.5 Å². The molecule has 1 unspecified atom stereocenters. The molecule has 4 aromatic carbocycles. The summed E-state index contributed by atoms with van der Waals surface area (Å²) in [4.78, 5) is 89.6. The lowest BCUT2D eigenvalue weighted by molar-refractivity contribution is -0.134. The molecule has 0 saturated heterocycles. The van der Waals surface area contributed by atoms with Crippen molar-refractivity contribution in [2.75, 3.05) is 5.32 Å². The summed E-state index contributed by atoms with van der Waals surface area (Å²) in [6.45, 7) is 5.18. The van der Waals surface area contributed by atoms with Crippen LogP contribution in [-0.2, 0) is 43.5 Å². The average Bonchev–Trinajstić information content (AvgIpc) is 3.32. The molecule has 4 aromatic rings. The maximum atomic E-state index is 13.8. The number of nitrogens with two attached hydrogens (primary N) is 1. The number of hydrogen-bond acceptors (Lipinski definition) is 11. The number of nitrogens with one attached hydrogen (secondary N) is 6. The third-order valence-corrected chi connectivity index (χ3v) is 11.8. The number of phenolic OH excluding ortho intramolecular Hbond substituents is 2. The second-order valence-electron chi connectivity index (χ2n) is 16.8. The molecule has 18 nitrogen and oxygen atoms in total. The van der Waals surface area contributed by atoms with Gasteiger partial charge in [-0.15, -0.1) is 0 Å². The van der Waals surface area contributed by atoms with Crippen molar-refractivity contribution in [2.45, 2.75) is 77.7 Å². The Kier molecular flexibility index (Phi) is 16.9. The summed E-state index contributed by atoms with van der Waals surface area (Å²) in [5, 5.41) is 47.8. The summed E-state index contributed by atoms with van der Waals surface area (Å²) >= 11 is 5.54. The zero-order chi connectivity index (χ0) is 50.6. The molecule has 0 fully saturated rings. The third kappa shape index (κ3) is 13.4. The number of carboxylic acid groups (broad SMARTS) is 1. The van der Waals surface area contributed by atoms with Gasteiger partial charge in [0, 0.05) is 67.2 Å². The van der Waals surface area contributed by atoms with Gasteiger partial charge in [0.05, 0.1) is 5.56 Å². The summed E-state index contributed by atoms with van der Waals surface area (Å²) in [6.07, 6.45) is 0.222. The Bertz CT molecular complexity index is 2960. The van der Waals surface area contributed by atoms with Crippen LogP contribution in [0.5, 0.6) is 11.5 Å². The van der Waals surface area contributed by atoms with E-state index >= 15 is 0 Å². The smallest absolute Gasteiger partial charge is 0.336 e. The SMILES string of the molecule is CCC(C)[C@H](NC(=O)[C@H](Cc1ccc(O)cc1)NC(C)=O)C(=O)N[C@@H](CCC(N)=O)C(=O)NCc1ccc(CNC(=S)Nc2ccc(-c3c4ccc(=O)cc-4oc4cc(O)ccc34)c(C(=O)O)c2)cc1. The van der Waals surface area contributed by atoms with Crippen molar-refractivity contribution in [1.82, 2.24) is 26.6 Å². The number of hydrogen-bond donors (Lipinski definition) is 10. The first-order chi connectivity index (χ1) is 33.4. The van der Waals surface area contributed by atoms with E-state index in [0.29, 0.717) is 45.3 Å².